The first-order chi connectivity index (χ1) is 9.58. The summed E-state index contributed by atoms with van der Waals surface area (Å²) in [5.41, 5.74) is 0.345. The Morgan fingerprint density at radius 3 is 2.85 bits per heavy atom. The Morgan fingerprint density at radius 1 is 1.45 bits per heavy atom. The number of hydrogen-bond donors (Lipinski definition) is 2. The van der Waals surface area contributed by atoms with E-state index in [2.05, 4.69) is 9.97 Å². The predicted molar refractivity (Wildman–Crippen MR) is 71.4 cm³/mol. The molecule has 8 heteroatoms. The maximum atomic E-state index is 11.7. The molecule has 0 spiro atoms. The van der Waals surface area contributed by atoms with Crippen LogP contribution in [0.25, 0.3) is 10.9 Å². The first kappa shape index (κ1) is 13.8. The fourth-order valence-electron chi connectivity index (χ4n) is 1.73. The summed E-state index contributed by atoms with van der Waals surface area (Å²) in [5, 5.41) is 10.8. The third kappa shape index (κ3) is 2.41. The van der Waals surface area contributed by atoms with Crippen LogP contribution in [0, 0.1) is 0 Å². The minimum atomic E-state index is -0.783. The van der Waals surface area contributed by atoms with Crippen molar-refractivity contribution in [2.45, 2.75) is 6.92 Å². The Morgan fingerprint density at radius 2 is 2.20 bits per heavy atom. The molecule has 1 aromatic carbocycles. The third-order valence-corrected chi connectivity index (χ3v) is 2.57. The molecule has 20 heavy (non-hydrogen) atoms. The number of rotatable bonds is 3. The third-order valence-electron chi connectivity index (χ3n) is 2.57. The molecule has 2 rings (SSSR count). The van der Waals surface area contributed by atoms with E-state index in [1.165, 1.54) is 7.11 Å². The predicted octanol–water partition coefficient (Wildman–Crippen LogP) is 1.18. The zero-order valence-electron chi connectivity index (χ0n) is 11.0. The Bertz CT molecular complexity index is 647. The van der Waals surface area contributed by atoms with Gasteiger partial charge in [0.25, 0.3) is 0 Å². The van der Waals surface area contributed by atoms with Crippen LogP contribution in [-0.4, -0.2) is 34.9 Å². The van der Waals surface area contributed by atoms with E-state index in [1.54, 1.807) is 25.1 Å². The van der Waals surface area contributed by atoms with E-state index in [4.69, 9.17) is 15.3 Å². The highest BCUT2D eigenvalue weighted by molar-refractivity contribution is 5.99. The summed E-state index contributed by atoms with van der Waals surface area (Å²) in [6.07, 6.45) is -0.783. The minimum absolute atomic E-state index is 0.0323. The summed E-state index contributed by atoms with van der Waals surface area (Å²) in [5.74, 6) is 6.13. The lowest BCUT2D eigenvalue weighted by atomic mass is 10.2. The van der Waals surface area contributed by atoms with Crippen LogP contribution in [0.5, 0.6) is 11.8 Å². The molecule has 106 valence electrons. The molecule has 0 unspecified atom stereocenters. The Hall–Kier alpha value is -2.61. The molecular weight excluding hydrogens is 264 g/mol. The van der Waals surface area contributed by atoms with E-state index in [0.29, 0.717) is 21.7 Å². The summed E-state index contributed by atoms with van der Waals surface area (Å²) < 4.78 is 9.94. The number of nitrogens with two attached hydrogens (primary N) is 1. The van der Waals surface area contributed by atoms with Crippen LogP contribution in [0.3, 0.4) is 0 Å². The SMILES string of the molecule is CCOC(=O)N(N)c1nc(O)nc2c(OC)cccc12. The van der Waals surface area contributed by atoms with E-state index in [-0.39, 0.29) is 12.4 Å². The van der Waals surface area contributed by atoms with Gasteiger partial charge in [-0.15, -0.1) is 0 Å². The quantitative estimate of drug-likeness (QED) is 0.492. The van der Waals surface area contributed by atoms with Gasteiger partial charge >= 0.3 is 12.1 Å². The van der Waals surface area contributed by atoms with Crippen molar-refractivity contribution in [3.05, 3.63) is 18.2 Å². The van der Waals surface area contributed by atoms with Gasteiger partial charge in [-0.05, 0) is 19.1 Å². The van der Waals surface area contributed by atoms with Gasteiger partial charge in [0.05, 0.1) is 13.7 Å². The Labute approximate surface area is 114 Å². The second kappa shape index (κ2) is 5.57. The lowest BCUT2D eigenvalue weighted by Crippen LogP contribution is -2.38. The van der Waals surface area contributed by atoms with Gasteiger partial charge in [-0.1, -0.05) is 6.07 Å². The molecule has 8 nitrogen and oxygen atoms in total. The van der Waals surface area contributed by atoms with E-state index >= 15 is 0 Å². The van der Waals surface area contributed by atoms with Crippen LogP contribution in [0.1, 0.15) is 6.92 Å². The number of amides is 1. The molecular formula is C12H14N4O4. The maximum Gasteiger partial charge on any atom is 0.430 e. The monoisotopic (exact) mass is 278 g/mol. The van der Waals surface area contributed by atoms with Crippen LogP contribution in [0.4, 0.5) is 10.6 Å². The molecule has 0 fully saturated rings. The zero-order chi connectivity index (χ0) is 14.7. The summed E-state index contributed by atoms with van der Waals surface area (Å²) in [7, 11) is 1.47. The van der Waals surface area contributed by atoms with Crippen LogP contribution in [-0.2, 0) is 4.74 Å². The summed E-state index contributed by atoms with van der Waals surface area (Å²) in [4.78, 5) is 19.3. The molecule has 0 atom stereocenters. The number of carbonyl (C=O) groups is 1. The van der Waals surface area contributed by atoms with Gasteiger partial charge in [0.15, 0.2) is 5.82 Å². The highest BCUT2D eigenvalue weighted by Crippen LogP contribution is 2.30. The van der Waals surface area contributed by atoms with Gasteiger partial charge in [0, 0.05) is 5.39 Å². The van der Waals surface area contributed by atoms with Crippen molar-refractivity contribution in [2.75, 3.05) is 18.7 Å². The van der Waals surface area contributed by atoms with E-state index in [9.17, 15) is 9.90 Å². The highest BCUT2D eigenvalue weighted by atomic mass is 16.6. The van der Waals surface area contributed by atoms with Crippen molar-refractivity contribution in [2.24, 2.45) is 5.84 Å². The summed E-state index contributed by atoms with van der Waals surface area (Å²) in [6, 6.07) is 4.51. The number of para-hydroxylation sites is 1. The smallest absolute Gasteiger partial charge is 0.430 e. The molecule has 3 N–H and O–H groups in total. The number of anilines is 1. The lowest BCUT2D eigenvalue weighted by molar-refractivity contribution is 0.159. The highest BCUT2D eigenvalue weighted by Gasteiger charge is 2.20. The van der Waals surface area contributed by atoms with Gasteiger partial charge in [-0.2, -0.15) is 15.0 Å². The number of aromatic nitrogens is 2. The number of methoxy groups -OCH3 is 1. The molecule has 0 saturated carbocycles. The van der Waals surface area contributed by atoms with Crippen molar-refractivity contribution in [3.63, 3.8) is 0 Å². The number of carbonyl (C=O) groups excluding carboxylic acids is 1. The number of fused-ring (bicyclic) bond motifs is 1. The zero-order valence-corrected chi connectivity index (χ0v) is 11.0. The van der Waals surface area contributed by atoms with E-state index < -0.39 is 12.1 Å². The van der Waals surface area contributed by atoms with Crippen LogP contribution in [0.2, 0.25) is 0 Å². The van der Waals surface area contributed by atoms with Gasteiger partial charge in [0.2, 0.25) is 0 Å². The molecule has 0 aliphatic heterocycles. The van der Waals surface area contributed by atoms with Crippen LogP contribution < -0.4 is 15.6 Å². The molecule has 1 amide bonds. The van der Waals surface area contributed by atoms with E-state index in [0.717, 1.165) is 0 Å². The van der Waals surface area contributed by atoms with E-state index in [1.807, 2.05) is 0 Å². The Kier molecular flexibility index (Phi) is 3.85. The molecule has 0 aliphatic carbocycles. The second-order valence-electron chi connectivity index (χ2n) is 3.77. The van der Waals surface area contributed by atoms with Gasteiger partial charge in [-0.3, -0.25) is 0 Å². The van der Waals surface area contributed by atoms with Crippen molar-refractivity contribution < 1.29 is 19.4 Å². The average Bonchev–Trinajstić information content (AvgIpc) is 2.45. The van der Waals surface area contributed by atoms with Gasteiger partial charge in [0.1, 0.15) is 11.3 Å². The van der Waals surface area contributed by atoms with Crippen molar-refractivity contribution >= 4 is 22.8 Å². The molecule has 1 aromatic heterocycles. The van der Waals surface area contributed by atoms with Crippen LogP contribution >= 0.6 is 0 Å². The Balaban J connectivity index is 2.61. The second-order valence-corrected chi connectivity index (χ2v) is 3.77. The average molecular weight is 278 g/mol. The number of aromatic hydroxyl groups is 1. The molecule has 1 heterocycles. The summed E-state index contributed by atoms with van der Waals surface area (Å²) in [6.45, 7) is 1.83. The fraction of sp³-hybridized carbons (Fsp3) is 0.250. The number of ether oxygens (including phenoxy) is 2. The van der Waals surface area contributed by atoms with Crippen molar-refractivity contribution in [1.82, 2.24) is 9.97 Å². The largest absolute Gasteiger partial charge is 0.494 e. The molecule has 0 bridgehead atoms. The van der Waals surface area contributed by atoms with Crippen molar-refractivity contribution in [1.29, 1.82) is 0 Å². The molecule has 0 radical (unpaired) electrons. The molecule has 2 aromatic rings. The summed E-state index contributed by atoms with van der Waals surface area (Å²) >= 11 is 0. The van der Waals surface area contributed by atoms with Crippen LogP contribution in [0.15, 0.2) is 18.2 Å². The number of hydrogen-bond acceptors (Lipinski definition) is 7. The first-order valence-corrected chi connectivity index (χ1v) is 5.83. The topological polar surface area (TPSA) is 111 Å². The molecule has 0 saturated heterocycles. The lowest BCUT2D eigenvalue weighted by Gasteiger charge is -2.17. The fourth-order valence-corrected chi connectivity index (χ4v) is 1.73. The molecule has 0 aliphatic rings. The number of hydrazine groups is 1. The van der Waals surface area contributed by atoms with Gasteiger partial charge in [-0.25, -0.2) is 10.6 Å². The number of nitrogens with zero attached hydrogens (tertiary/aromatic N) is 3. The number of benzene rings is 1. The normalized spacial score (nSPS) is 10.3. The first-order valence-electron chi connectivity index (χ1n) is 5.83. The van der Waals surface area contributed by atoms with Gasteiger partial charge < -0.3 is 14.6 Å². The van der Waals surface area contributed by atoms with Crippen molar-refractivity contribution in [3.8, 4) is 11.8 Å². The minimum Gasteiger partial charge on any atom is -0.494 e. The maximum absolute atomic E-state index is 11.7. The standard InChI is InChI=1S/C12H14N4O4/c1-3-20-12(18)16(13)10-7-5-4-6-8(19-2)9(7)14-11(17)15-10/h4-6H,3,13H2,1-2H3,(H,14,15,17).